The van der Waals surface area contributed by atoms with E-state index in [4.69, 9.17) is 0 Å². The number of hydrogen-bond donors (Lipinski definition) is 1. The summed E-state index contributed by atoms with van der Waals surface area (Å²) < 4.78 is 0. The molecule has 0 spiro atoms. The Morgan fingerprint density at radius 2 is 1.39 bits per heavy atom. The second-order valence-electron chi connectivity index (χ2n) is 4.35. The van der Waals surface area contributed by atoms with Crippen LogP contribution in [-0.4, -0.2) is 7.05 Å². The molecule has 0 saturated heterocycles. The molecule has 1 heteroatoms. The maximum Gasteiger partial charge on any atom is 0.0422 e. The second-order valence-corrected chi connectivity index (χ2v) is 4.35. The highest BCUT2D eigenvalue weighted by molar-refractivity contribution is 5.31. The first-order valence-corrected chi connectivity index (χ1v) is 6.26. The lowest BCUT2D eigenvalue weighted by Crippen LogP contribution is -2.22. The highest BCUT2D eigenvalue weighted by atomic mass is 14.9. The average Bonchev–Trinajstić information content (AvgIpc) is 2.46. The van der Waals surface area contributed by atoms with Crippen LogP contribution in [0.5, 0.6) is 0 Å². The van der Waals surface area contributed by atoms with Crippen LogP contribution in [0.15, 0.2) is 73.3 Å². The summed E-state index contributed by atoms with van der Waals surface area (Å²) >= 11 is 0. The van der Waals surface area contributed by atoms with E-state index in [1.54, 1.807) is 0 Å². The zero-order valence-electron chi connectivity index (χ0n) is 10.7. The first kappa shape index (κ1) is 12.6. The minimum Gasteiger partial charge on any atom is -0.312 e. The van der Waals surface area contributed by atoms with Gasteiger partial charge in [-0.15, -0.1) is 6.58 Å². The number of rotatable bonds is 5. The molecule has 2 aromatic carbocycles. The molecule has 0 heterocycles. The van der Waals surface area contributed by atoms with Gasteiger partial charge in [0.25, 0.3) is 0 Å². The van der Waals surface area contributed by atoms with E-state index in [0.29, 0.717) is 0 Å². The Bertz CT molecular complexity index is 475. The van der Waals surface area contributed by atoms with Crippen molar-refractivity contribution in [2.24, 2.45) is 0 Å². The summed E-state index contributed by atoms with van der Waals surface area (Å²) in [6, 6.07) is 21.2. The molecule has 18 heavy (non-hydrogen) atoms. The molecular formula is C17H19N. The molecule has 2 unspecified atom stereocenters. The minimum atomic E-state index is 0.256. The maximum absolute atomic E-state index is 3.99. The van der Waals surface area contributed by atoms with Crippen LogP contribution in [0, 0.1) is 0 Å². The van der Waals surface area contributed by atoms with Crippen LogP contribution in [0.1, 0.15) is 23.1 Å². The van der Waals surface area contributed by atoms with Gasteiger partial charge in [-0.2, -0.15) is 0 Å². The van der Waals surface area contributed by atoms with Gasteiger partial charge in [0.2, 0.25) is 0 Å². The minimum absolute atomic E-state index is 0.256. The van der Waals surface area contributed by atoms with E-state index in [1.165, 1.54) is 11.1 Å². The molecule has 0 aliphatic carbocycles. The van der Waals surface area contributed by atoms with Crippen LogP contribution >= 0.6 is 0 Å². The topological polar surface area (TPSA) is 12.0 Å². The van der Waals surface area contributed by atoms with Crippen LogP contribution in [-0.2, 0) is 0 Å². The van der Waals surface area contributed by atoms with E-state index < -0.39 is 0 Å². The SMILES string of the molecule is C=CC(c1ccccc1)C(NC)c1ccccc1. The molecule has 92 valence electrons. The van der Waals surface area contributed by atoms with E-state index in [-0.39, 0.29) is 12.0 Å². The van der Waals surface area contributed by atoms with E-state index in [9.17, 15) is 0 Å². The molecule has 0 aromatic heterocycles. The standard InChI is InChI=1S/C17H19N/c1-3-16(14-10-6-4-7-11-14)17(18-2)15-12-8-5-9-13-15/h3-13,16-18H,1H2,2H3. The fourth-order valence-electron chi connectivity index (χ4n) is 2.35. The van der Waals surface area contributed by atoms with Crippen molar-refractivity contribution < 1.29 is 0 Å². The lowest BCUT2D eigenvalue weighted by Gasteiger charge is -2.25. The zero-order chi connectivity index (χ0) is 12.8. The molecule has 0 aliphatic rings. The van der Waals surface area contributed by atoms with E-state index in [2.05, 4.69) is 60.4 Å². The molecule has 1 N–H and O–H groups in total. The highest BCUT2D eigenvalue weighted by Crippen LogP contribution is 2.31. The summed E-state index contributed by atoms with van der Waals surface area (Å²) in [6.07, 6.45) is 2.02. The lowest BCUT2D eigenvalue weighted by atomic mass is 9.87. The summed E-state index contributed by atoms with van der Waals surface area (Å²) in [5, 5.41) is 3.40. The predicted molar refractivity (Wildman–Crippen MR) is 77.6 cm³/mol. The molecule has 0 saturated carbocycles. The Morgan fingerprint density at radius 3 is 1.83 bits per heavy atom. The van der Waals surface area contributed by atoms with Crippen molar-refractivity contribution in [3.05, 3.63) is 84.4 Å². The van der Waals surface area contributed by atoms with Gasteiger partial charge in [0.1, 0.15) is 0 Å². The molecular weight excluding hydrogens is 218 g/mol. The average molecular weight is 237 g/mol. The Morgan fingerprint density at radius 1 is 0.889 bits per heavy atom. The third-order valence-electron chi connectivity index (χ3n) is 3.27. The summed E-state index contributed by atoms with van der Waals surface area (Å²) in [5.74, 6) is 0.276. The lowest BCUT2D eigenvalue weighted by molar-refractivity contribution is 0.542. The molecule has 0 radical (unpaired) electrons. The fraction of sp³-hybridized carbons (Fsp3) is 0.176. The summed E-state index contributed by atoms with van der Waals surface area (Å²) in [6.45, 7) is 3.99. The largest absolute Gasteiger partial charge is 0.312 e. The van der Waals surface area contributed by atoms with Gasteiger partial charge in [-0.05, 0) is 18.2 Å². The van der Waals surface area contributed by atoms with Crippen LogP contribution in [0.3, 0.4) is 0 Å². The molecule has 1 nitrogen and oxygen atoms in total. The number of likely N-dealkylation sites (N-methyl/N-ethyl adjacent to an activating group) is 1. The van der Waals surface area contributed by atoms with Crippen LogP contribution < -0.4 is 5.32 Å². The van der Waals surface area contributed by atoms with Crippen molar-refractivity contribution in [3.8, 4) is 0 Å². The second kappa shape index (κ2) is 6.18. The van der Waals surface area contributed by atoms with Gasteiger partial charge in [0.15, 0.2) is 0 Å². The van der Waals surface area contributed by atoms with Gasteiger partial charge in [-0.25, -0.2) is 0 Å². The number of hydrogen-bond acceptors (Lipinski definition) is 1. The molecule has 0 amide bonds. The van der Waals surface area contributed by atoms with Gasteiger partial charge in [0, 0.05) is 12.0 Å². The van der Waals surface area contributed by atoms with Crippen molar-refractivity contribution in [2.75, 3.05) is 7.05 Å². The van der Waals surface area contributed by atoms with Crippen molar-refractivity contribution in [1.29, 1.82) is 0 Å². The van der Waals surface area contributed by atoms with Crippen molar-refractivity contribution in [2.45, 2.75) is 12.0 Å². The van der Waals surface area contributed by atoms with Gasteiger partial charge in [-0.3, -0.25) is 0 Å². The predicted octanol–water partition coefficient (Wildman–Crippen LogP) is 3.92. The molecule has 0 fully saturated rings. The fourth-order valence-corrected chi connectivity index (χ4v) is 2.35. The summed E-state index contributed by atoms with van der Waals surface area (Å²) in [4.78, 5) is 0. The first-order chi connectivity index (χ1) is 8.86. The van der Waals surface area contributed by atoms with Crippen LogP contribution in [0.2, 0.25) is 0 Å². The van der Waals surface area contributed by atoms with E-state index in [0.717, 1.165) is 0 Å². The Hall–Kier alpha value is -1.86. The molecule has 2 aromatic rings. The third-order valence-corrected chi connectivity index (χ3v) is 3.27. The normalized spacial score (nSPS) is 13.8. The van der Waals surface area contributed by atoms with Gasteiger partial charge < -0.3 is 5.32 Å². The van der Waals surface area contributed by atoms with Gasteiger partial charge >= 0.3 is 0 Å². The molecule has 2 atom stereocenters. The van der Waals surface area contributed by atoms with Gasteiger partial charge in [-0.1, -0.05) is 66.7 Å². The molecule has 0 bridgehead atoms. The number of nitrogens with one attached hydrogen (secondary N) is 1. The quantitative estimate of drug-likeness (QED) is 0.777. The third kappa shape index (κ3) is 2.69. The van der Waals surface area contributed by atoms with Crippen LogP contribution in [0.4, 0.5) is 0 Å². The van der Waals surface area contributed by atoms with Crippen molar-refractivity contribution in [3.63, 3.8) is 0 Å². The monoisotopic (exact) mass is 237 g/mol. The summed E-state index contributed by atoms with van der Waals surface area (Å²) in [7, 11) is 2.00. The van der Waals surface area contributed by atoms with E-state index in [1.807, 2.05) is 25.3 Å². The Kier molecular flexibility index (Phi) is 4.32. The summed E-state index contributed by atoms with van der Waals surface area (Å²) in [5.41, 5.74) is 2.57. The smallest absolute Gasteiger partial charge is 0.0422 e. The Labute approximate surface area is 109 Å². The van der Waals surface area contributed by atoms with Crippen molar-refractivity contribution >= 4 is 0 Å². The molecule has 2 rings (SSSR count). The van der Waals surface area contributed by atoms with Crippen molar-refractivity contribution in [1.82, 2.24) is 5.32 Å². The molecule has 0 aliphatic heterocycles. The van der Waals surface area contributed by atoms with Crippen LogP contribution in [0.25, 0.3) is 0 Å². The Balaban J connectivity index is 2.34. The maximum atomic E-state index is 3.99. The highest BCUT2D eigenvalue weighted by Gasteiger charge is 2.20. The van der Waals surface area contributed by atoms with E-state index >= 15 is 0 Å². The zero-order valence-corrected chi connectivity index (χ0v) is 10.7. The van der Waals surface area contributed by atoms with Gasteiger partial charge in [0.05, 0.1) is 0 Å². The number of benzene rings is 2. The first-order valence-electron chi connectivity index (χ1n) is 6.26.